The molecule has 2 rings (SSSR count). The number of hydrogen-bond donors (Lipinski definition) is 2. The third-order valence-corrected chi connectivity index (χ3v) is 3.90. The number of nitrogen functional groups attached to an aromatic ring is 1. The van der Waals surface area contributed by atoms with Gasteiger partial charge in [-0.1, -0.05) is 38.1 Å². The molecule has 0 aliphatic rings. The van der Waals surface area contributed by atoms with E-state index in [1.807, 2.05) is 12.1 Å². The van der Waals surface area contributed by atoms with Crippen molar-refractivity contribution in [2.75, 3.05) is 14.2 Å². The van der Waals surface area contributed by atoms with E-state index in [2.05, 4.69) is 31.4 Å². The fraction of sp³-hybridized carbons (Fsp3) is 0.316. The summed E-state index contributed by atoms with van der Waals surface area (Å²) in [5.41, 5.74) is 4.67. The molecule has 0 fully saturated rings. The van der Waals surface area contributed by atoms with Gasteiger partial charge in [0.05, 0.1) is 19.8 Å². The summed E-state index contributed by atoms with van der Waals surface area (Å²) >= 11 is 0. The number of hydrazine groups is 1. The predicted octanol–water partition coefficient (Wildman–Crippen LogP) is 3.01. The summed E-state index contributed by atoms with van der Waals surface area (Å²) in [7, 11) is 2.95. The molecule has 6 nitrogen and oxygen atoms in total. The highest BCUT2D eigenvalue weighted by atomic mass is 16.5. The number of carbonyl (C=O) groups is 1. The number of nitrogens with two attached hydrogens (primary N) is 1. The normalized spacial score (nSPS) is 10.5. The van der Waals surface area contributed by atoms with Crippen LogP contribution in [-0.4, -0.2) is 20.1 Å². The summed E-state index contributed by atoms with van der Waals surface area (Å²) in [4.78, 5) is 11.8. The lowest BCUT2D eigenvalue weighted by molar-refractivity contribution is 0.0949. The highest BCUT2D eigenvalue weighted by Crippen LogP contribution is 2.40. The van der Waals surface area contributed by atoms with Crippen LogP contribution in [0.5, 0.6) is 17.2 Å². The van der Waals surface area contributed by atoms with Crippen LogP contribution in [0.4, 0.5) is 0 Å². The molecule has 0 aromatic heterocycles. The first-order chi connectivity index (χ1) is 12.0. The first-order valence-corrected chi connectivity index (χ1v) is 7.99. The van der Waals surface area contributed by atoms with Gasteiger partial charge < -0.3 is 14.2 Å². The number of rotatable bonds is 7. The molecule has 0 spiro atoms. The number of methoxy groups -OCH3 is 2. The molecule has 1 amide bonds. The molecule has 0 heterocycles. The van der Waals surface area contributed by atoms with Crippen LogP contribution in [-0.2, 0) is 6.61 Å². The van der Waals surface area contributed by atoms with Gasteiger partial charge in [-0.25, -0.2) is 5.84 Å². The fourth-order valence-electron chi connectivity index (χ4n) is 2.47. The standard InChI is InChI=1S/C19H24N2O4/c1-12(2)14-7-5-13(6-8-14)11-25-16-10-9-15(19(22)21-20)17(23-3)18(16)24-4/h5-10,12H,11,20H2,1-4H3,(H,21,22). The van der Waals surface area contributed by atoms with Crippen LogP contribution >= 0.6 is 0 Å². The molecule has 3 N–H and O–H groups in total. The molecule has 2 aromatic carbocycles. The van der Waals surface area contributed by atoms with Crippen LogP contribution in [0.25, 0.3) is 0 Å². The Bertz CT molecular complexity index is 727. The maximum absolute atomic E-state index is 11.8. The Labute approximate surface area is 147 Å². The zero-order valence-electron chi connectivity index (χ0n) is 15.0. The van der Waals surface area contributed by atoms with Crippen LogP contribution in [0.2, 0.25) is 0 Å². The van der Waals surface area contributed by atoms with Gasteiger partial charge in [-0.3, -0.25) is 10.2 Å². The van der Waals surface area contributed by atoms with Crippen LogP contribution in [0, 0.1) is 0 Å². The number of benzene rings is 2. The van der Waals surface area contributed by atoms with Gasteiger partial charge in [0.1, 0.15) is 6.61 Å². The zero-order valence-corrected chi connectivity index (χ0v) is 15.0. The molecular formula is C19H24N2O4. The first-order valence-electron chi connectivity index (χ1n) is 7.99. The van der Waals surface area contributed by atoms with Gasteiger partial charge in [0.2, 0.25) is 5.75 Å². The summed E-state index contributed by atoms with van der Waals surface area (Å²) in [5, 5.41) is 0. The summed E-state index contributed by atoms with van der Waals surface area (Å²) in [6.45, 7) is 4.68. The Balaban J connectivity index is 2.23. The Kier molecular flexibility index (Phi) is 6.25. The number of amides is 1. The zero-order chi connectivity index (χ0) is 18.4. The average Bonchev–Trinajstić information content (AvgIpc) is 2.64. The molecular weight excluding hydrogens is 320 g/mol. The number of nitrogens with one attached hydrogen (secondary N) is 1. The van der Waals surface area contributed by atoms with E-state index in [0.29, 0.717) is 24.0 Å². The van der Waals surface area contributed by atoms with Crippen molar-refractivity contribution in [3.05, 3.63) is 53.1 Å². The molecule has 6 heteroatoms. The van der Waals surface area contributed by atoms with E-state index < -0.39 is 5.91 Å². The van der Waals surface area contributed by atoms with Crippen molar-refractivity contribution in [1.82, 2.24) is 5.43 Å². The fourth-order valence-corrected chi connectivity index (χ4v) is 2.47. The van der Waals surface area contributed by atoms with Crippen molar-refractivity contribution in [2.45, 2.75) is 26.4 Å². The maximum Gasteiger partial charge on any atom is 0.269 e. The maximum atomic E-state index is 11.8. The Morgan fingerprint density at radius 1 is 1.04 bits per heavy atom. The number of carbonyl (C=O) groups excluding carboxylic acids is 1. The Hall–Kier alpha value is -2.73. The minimum atomic E-state index is -0.467. The molecule has 0 aliphatic carbocycles. The lowest BCUT2D eigenvalue weighted by Crippen LogP contribution is -2.30. The summed E-state index contributed by atoms with van der Waals surface area (Å²) < 4.78 is 16.5. The number of hydrogen-bond acceptors (Lipinski definition) is 5. The van der Waals surface area contributed by atoms with Gasteiger partial charge in [-0.2, -0.15) is 0 Å². The van der Waals surface area contributed by atoms with E-state index >= 15 is 0 Å². The Morgan fingerprint density at radius 3 is 2.20 bits per heavy atom. The lowest BCUT2D eigenvalue weighted by atomic mass is 10.0. The third kappa shape index (κ3) is 4.22. The Morgan fingerprint density at radius 2 is 1.68 bits per heavy atom. The molecule has 0 saturated heterocycles. The van der Waals surface area contributed by atoms with Crippen molar-refractivity contribution in [3.63, 3.8) is 0 Å². The highest BCUT2D eigenvalue weighted by Gasteiger charge is 2.20. The van der Waals surface area contributed by atoms with Crippen LogP contribution < -0.4 is 25.5 Å². The summed E-state index contributed by atoms with van der Waals surface area (Å²) in [5.74, 6) is 6.33. The van der Waals surface area contributed by atoms with Crippen LogP contribution in [0.3, 0.4) is 0 Å². The molecule has 0 radical (unpaired) electrons. The third-order valence-electron chi connectivity index (χ3n) is 3.90. The van der Waals surface area contributed by atoms with Crippen molar-refractivity contribution < 1.29 is 19.0 Å². The number of ether oxygens (including phenoxy) is 3. The SMILES string of the molecule is COc1c(OCc2ccc(C(C)C)cc2)ccc(C(=O)NN)c1OC. The van der Waals surface area contributed by atoms with Gasteiger partial charge >= 0.3 is 0 Å². The largest absolute Gasteiger partial charge is 0.492 e. The van der Waals surface area contributed by atoms with E-state index in [1.54, 1.807) is 12.1 Å². The molecule has 134 valence electrons. The molecule has 25 heavy (non-hydrogen) atoms. The van der Waals surface area contributed by atoms with Crippen molar-refractivity contribution in [1.29, 1.82) is 0 Å². The smallest absolute Gasteiger partial charge is 0.269 e. The second kappa shape index (κ2) is 8.39. The molecule has 0 unspecified atom stereocenters. The quantitative estimate of drug-likeness (QED) is 0.458. The monoisotopic (exact) mass is 344 g/mol. The van der Waals surface area contributed by atoms with Gasteiger partial charge in [0.25, 0.3) is 5.91 Å². The van der Waals surface area contributed by atoms with Gasteiger partial charge in [-0.05, 0) is 29.2 Å². The van der Waals surface area contributed by atoms with E-state index in [4.69, 9.17) is 20.1 Å². The summed E-state index contributed by atoms with van der Waals surface area (Å²) in [6, 6.07) is 11.5. The van der Waals surface area contributed by atoms with Crippen molar-refractivity contribution in [2.24, 2.45) is 5.84 Å². The molecule has 0 bridgehead atoms. The van der Waals surface area contributed by atoms with Crippen LogP contribution in [0.15, 0.2) is 36.4 Å². The molecule has 2 aromatic rings. The van der Waals surface area contributed by atoms with Gasteiger partial charge in [0.15, 0.2) is 11.5 Å². The van der Waals surface area contributed by atoms with E-state index in [0.717, 1.165) is 5.56 Å². The molecule has 0 saturated carbocycles. The highest BCUT2D eigenvalue weighted by molar-refractivity contribution is 5.97. The van der Waals surface area contributed by atoms with E-state index in [-0.39, 0.29) is 11.3 Å². The molecule has 0 aliphatic heterocycles. The minimum absolute atomic E-state index is 0.274. The van der Waals surface area contributed by atoms with Crippen molar-refractivity contribution in [3.8, 4) is 17.2 Å². The summed E-state index contributed by atoms with van der Waals surface area (Å²) in [6.07, 6.45) is 0. The van der Waals surface area contributed by atoms with Gasteiger partial charge in [-0.15, -0.1) is 0 Å². The minimum Gasteiger partial charge on any atom is -0.492 e. The van der Waals surface area contributed by atoms with E-state index in [1.165, 1.54) is 19.8 Å². The average molecular weight is 344 g/mol. The molecule has 0 atom stereocenters. The first kappa shape index (κ1) is 18.6. The van der Waals surface area contributed by atoms with E-state index in [9.17, 15) is 4.79 Å². The van der Waals surface area contributed by atoms with Crippen LogP contribution in [0.1, 0.15) is 41.3 Å². The lowest BCUT2D eigenvalue weighted by Gasteiger charge is -2.16. The second-order valence-corrected chi connectivity index (χ2v) is 5.84. The predicted molar refractivity (Wildman–Crippen MR) is 96.1 cm³/mol. The second-order valence-electron chi connectivity index (χ2n) is 5.84. The van der Waals surface area contributed by atoms with Crippen molar-refractivity contribution >= 4 is 5.91 Å². The van der Waals surface area contributed by atoms with Gasteiger partial charge in [0, 0.05) is 0 Å². The topological polar surface area (TPSA) is 82.8 Å².